The first-order valence-corrected chi connectivity index (χ1v) is 14.0. The molecule has 0 aromatic heterocycles. The van der Waals surface area contributed by atoms with E-state index >= 15 is 0 Å². The van der Waals surface area contributed by atoms with Crippen LogP contribution in [0.3, 0.4) is 0 Å². The Hall–Kier alpha value is -1.18. The number of hydrogen-bond acceptors (Lipinski definition) is 0. The van der Waals surface area contributed by atoms with Gasteiger partial charge in [-0.3, -0.25) is 0 Å². The summed E-state index contributed by atoms with van der Waals surface area (Å²) in [5.41, 5.74) is 3.99. The first kappa shape index (κ1) is 18.6. The molecular weight excluding hydrogens is 434 g/mol. The van der Waals surface area contributed by atoms with Crippen LogP contribution < -0.4 is 15.9 Å². The van der Waals surface area contributed by atoms with E-state index in [0.29, 0.717) is 0 Å². The van der Waals surface area contributed by atoms with Gasteiger partial charge in [0.15, 0.2) is 0 Å². The van der Waals surface area contributed by atoms with Gasteiger partial charge in [-0.2, -0.15) is 0 Å². The zero-order chi connectivity index (χ0) is 18.1. The van der Waals surface area contributed by atoms with Crippen molar-refractivity contribution in [2.24, 2.45) is 0 Å². The molecule has 3 aromatic rings. The summed E-state index contributed by atoms with van der Waals surface area (Å²) in [6.07, 6.45) is 1.11. The summed E-state index contributed by atoms with van der Waals surface area (Å²) < 4.78 is -2.53. The van der Waals surface area contributed by atoms with Crippen molar-refractivity contribution < 1.29 is 0 Å². The van der Waals surface area contributed by atoms with E-state index in [1.54, 1.807) is 0 Å². The molecule has 0 atom stereocenters. The molecule has 0 bridgehead atoms. The van der Waals surface area contributed by atoms with E-state index < -0.39 is 4.25 Å². The van der Waals surface area contributed by atoms with Gasteiger partial charge in [-0.25, -0.2) is 0 Å². The van der Waals surface area contributed by atoms with Crippen molar-refractivity contribution in [3.05, 3.63) is 89.5 Å². The Morgan fingerprint density at radius 2 is 0.960 bits per heavy atom. The van der Waals surface area contributed by atoms with E-state index in [4.69, 9.17) is 0 Å². The van der Waals surface area contributed by atoms with Crippen molar-refractivity contribution in [3.8, 4) is 0 Å². The minimum absolute atomic E-state index is 1.11. The van der Waals surface area contributed by atoms with Gasteiger partial charge in [0.25, 0.3) is 0 Å². The van der Waals surface area contributed by atoms with Crippen LogP contribution in [0.2, 0.25) is 0 Å². The van der Waals surface area contributed by atoms with Crippen molar-refractivity contribution in [2.75, 3.05) is 6.16 Å². The summed E-state index contributed by atoms with van der Waals surface area (Å²) in [7, 11) is 0. The minimum atomic E-state index is -2.53. The second-order valence-corrected chi connectivity index (χ2v) is 18.0. The van der Waals surface area contributed by atoms with Crippen molar-refractivity contribution in [2.45, 2.75) is 27.7 Å². The quantitative estimate of drug-likeness (QED) is 0.341. The van der Waals surface area contributed by atoms with E-state index in [1.165, 1.54) is 32.6 Å². The van der Waals surface area contributed by atoms with E-state index in [9.17, 15) is 0 Å². The molecule has 0 nitrogen and oxygen atoms in total. The molecule has 0 N–H and O–H groups in total. The molecule has 0 saturated carbocycles. The fraction of sp³-hybridized carbons (Fsp3) is 0.217. The van der Waals surface area contributed by atoms with E-state index in [-0.39, 0.29) is 0 Å². The molecular formula is C23H26IP. The second kappa shape index (κ2) is 6.85. The van der Waals surface area contributed by atoms with Gasteiger partial charge < -0.3 is 0 Å². The molecule has 0 aliphatic heterocycles. The zero-order valence-corrected chi connectivity index (χ0v) is 18.5. The van der Waals surface area contributed by atoms with E-state index in [2.05, 4.69) is 123 Å². The Balaban J connectivity index is 2.46. The van der Waals surface area contributed by atoms with Crippen LogP contribution in [-0.2, 0) is 0 Å². The van der Waals surface area contributed by atoms with Crippen LogP contribution in [0.1, 0.15) is 23.6 Å². The predicted octanol–water partition coefficient (Wildman–Crippen LogP) is 5.81. The molecule has 0 saturated heterocycles. The van der Waals surface area contributed by atoms with Gasteiger partial charge in [-0.1, -0.05) is 0 Å². The Morgan fingerprint density at radius 3 is 1.20 bits per heavy atom. The topological polar surface area (TPSA) is 0 Å². The summed E-state index contributed by atoms with van der Waals surface area (Å²) in [5, 5.41) is 4.43. The van der Waals surface area contributed by atoms with Crippen LogP contribution in [0.4, 0.5) is 0 Å². The summed E-state index contributed by atoms with van der Waals surface area (Å²) in [6.45, 7) is 8.95. The molecule has 0 heterocycles. The van der Waals surface area contributed by atoms with Crippen LogP contribution in [0.15, 0.2) is 72.8 Å². The number of rotatable bonds is 4. The van der Waals surface area contributed by atoms with Crippen molar-refractivity contribution in [1.82, 2.24) is 0 Å². The van der Waals surface area contributed by atoms with Gasteiger partial charge in [0, 0.05) is 0 Å². The Bertz CT molecular complexity index is 800. The molecule has 3 aromatic carbocycles. The molecule has 0 aliphatic rings. The van der Waals surface area contributed by atoms with Crippen LogP contribution >= 0.6 is 26.3 Å². The molecule has 0 unspecified atom stereocenters. The van der Waals surface area contributed by atoms with Crippen LogP contribution in [0, 0.1) is 20.8 Å². The first-order chi connectivity index (χ1) is 11.9. The zero-order valence-electron chi connectivity index (χ0n) is 15.5. The van der Waals surface area contributed by atoms with Crippen LogP contribution in [0.25, 0.3) is 0 Å². The Labute approximate surface area is 165 Å². The third-order valence-electron chi connectivity index (χ3n) is 5.21. The van der Waals surface area contributed by atoms with Gasteiger partial charge in [0.1, 0.15) is 0 Å². The van der Waals surface area contributed by atoms with E-state index in [1.807, 2.05) is 0 Å². The number of hydrogen-bond donors (Lipinski definition) is 0. The fourth-order valence-electron chi connectivity index (χ4n) is 3.75. The number of benzene rings is 3. The maximum atomic E-state index is 2.85. The molecule has 0 amide bonds. The third-order valence-corrected chi connectivity index (χ3v) is 17.5. The SMILES string of the molecule is CCP(I)(c1cccc(C)c1)(c1cccc(C)c1)c1cccc(C)c1. The van der Waals surface area contributed by atoms with Gasteiger partial charge in [0.05, 0.1) is 0 Å². The fourth-order valence-corrected chi connectivity index (χ4v) is 11.0. The molecule has 0 aliphatic carbocycles. The average molecular weight is 460 g/mol. The van der Waals surface area contributed by atoms with Crippen molar-refractivity contribution in [1.29, 1.82) is 0 Å². The molecule has 0 spiro atoms. The van der Waals surface area contributed by atoms with Gasteiger partial charge in [-0.15, -0.1) is 0 Å². The summed E-state index contributed by atoms with van der Waals surface area (Å²) in [4.78, 5) is 0. The molecule has 25 heavy (non-hydrogen) atoms. The van der Waals surface area contributed by atoms with Crippen LogP contribution in [0.5, 0.6) is 0 Å². The number of aryl methyl sites for hydroxylation is 3. The standard InChI is InChI=1S/C23H26IP/c1-5-25(24,21-12-6-9-18(2)15-21,22-13-7-10-19(3)16-22)23-14-8-11-20(4)17-23/h6-17H,5H2,1-4H3. The van der Waals surface area contributed by atoms with E-state index in [0.717, 1.165) is 6.16 Å². The summed E-state index contributed by atoms with van der Waals surface area (Å²) in [6, 6.07) is 27.5. The normalized spacial score (nSPS) is 13.2. The van der Waals surface area contributed by atoms with Crippen LogP contribution in [-0.4, -0.2) is 6.16 Å². The average Bonchev–Trinajstić information content (AvgIpc) is 2.61. The molecule has 3 rings (SSSR count). The molecule has 0 fully saturated rings. The third kappa shape index (κ3) is 3.06. The molecule has 2 heteroatoms. The maximum absolute atomic E-state index is 2.85. The summed E-state index contributed by atoms with van der Waals surface area (Å²) in [5.74, 6) is 0. The van der Waals surface area contributed by atoms with Crippen molar-refractivity contribution >= 4 is 42.2 Å². The monoisotopic (exact) mass is 460 g/mol. The second-order valence-electron chi connectivity index (χ2n) is 7.02. The first-order valence-electron chi connectivity index (χ1n) is 8.83. The predicted molar refractivity (Wildman–Crippen MR) is 124 cm³/mol. The Morgan fingerprint density at radius 1 is 0.640 bits per heavy atom. The Kier molecular flexibility index (Phi) is 5.10. The van der Waals surface area contributed by atoms with Gasteiger partial charge in [-0.05, 0) is 0 Å². The van der Waals surface area contributed by atoms with Crippen molar-refractivity contribution in [3.63, 3.8) is 0 Å². The molecule has 0 radical (unpaired) electrons. The van der Waals surface area contributed by atoms with Gasteiger partial charge >= 0.3 is 166 Å². The molecule has 130 valence electrons. The number of halogens is 1. The summed E-state index contributed by atoms with van der Waals surface area (Å²) >= 11 is 2.85. The van der Waals surface area contributed by atoms with Gasteiger partial charge in [0.2, 0.25) is 0 Å².